The van der Waals surface area contributed by atoms with Gasteiger partial charge >= 0.3 is 0 Å². The lowest BCUT2D eigenvalue weighted by atomic mass is 10.1. The number of nitrogens with one attached hydrogen (secondary N) is 1. The number of benzene rings is 1. The molecule has 0 saturated heterocycles. The Morgan fingerprint density at radius 2 is 1.91 bits per heavy atom. The van der Waals surface area contributed by atoms with E-state index in [1.807, 2.05) is 24.6 Å². The number of hydrogen-bond acceptors (Lipinski definition) is 5. The van der Waals surface area contributed by atoms with Gasteiger partial charge in [-0.05, 0) is 45.7 Å². The van der Waals surface area contributed by atoms with Gasteiger partial charge < -0.3 is 0 Å². The molecule has 1 heterocycles. The van der Waals surface area contributed by atoms with Crippen LogP contribution in [0.25, 0.3) is 0 Å². The summed E-state index contributed by atoms with van der Waals surface area (Å²) in [5.41, 5.74) is 6.44. The van der Waals surface area contributed by atoms with Gasteiger partial charge in [0.15, 0.2) is 0 Å². The van der Waals surface area contributed by atoms with Gasteiger partial charge in [0, 0.05) is 24.0 Å². The van der Waals surface area contributed by atoms with E-state index in [1.165, 1.54) is 5.56 Å². The summed E-state index contributed by atoms with van der Waals surface area (Å²) in [7, 11) is 0. The Kier molecular flexibility index (Phi) is 6.30. The standard InChI is InChI=1S/C18H26N4S/c1-13(2)22(14(3)4)11-17-9-7-6-8-16(17)10-19-21-18-20-15(5)12-23-18/h6-10,12-14H,11H2,1-5H3,(H,20,21). The Morgan fingerprint density at radius 3 is 2.52 bits per heavy atom. The van der Waals surface area contributed by atoms with Gasteiger partial charge in [0.2, 0.25) is 5.13 Å². The van der Waals surface area contributed by atoms with E-state index in [2.05, 4.69) is 66.3 Å². The molecule has 4 nitrogen and oxygen atoms in total. The zero-order valence-corrected chi connectivity index (χ0v) is 15.4. The van der Waals surface area contributed by atoms with E-state index in [0.717, 1.165) is 22.9 Å². The van der Waals surface area contributed by atoms with Crippen LogP contribution in [0.15, 0.2) is 34.7 Å². The maximum absolute atomic E-state index is 4.34. The number of aromatic nitrogens is 1. The van der Waals surface area contributed by atoms with Crippen molar-refractivity contribution in [1.29, 1.82) is 0 Å². The van der Waals surface area contributed by atoms with E-state index >= 15 is 0 Å². The summed E-state index contributed by atoms with van der Waals surface area (Å²) >= 11 is 1.56. The van der Waals surface area contributed by atoms with Gasteiger partial charge in [-0.1, -0.05) is 24.3 Å². The third-order valence-corrected chi connectivity index (χ3v) is 4.58. The number of hydrazone groups is 1. The maximum atomic E-state index is 4.34. The van der Waals surface area contributed by atoms with Crippen LogP contribution in [-0.4, -0.2) is 28.2 Å². The van der Waals surface area contributed by atoms with Crippen molar-refractivity contribution >= 4 is 22.7 Å². The van der Waals surface area contributed by atoms with Crippen LogP contribution in [0, 0.1) is 6.92 Å². The van der Waals surface area contributed by atoms with Gasteiger partial charge in [-0.25, -0.2) is 4.98 Å². The summed E-state index contributed by atoms with van der Waals surface area (Å²) in [6.07, 6.45) is 1.88. The van der Waals surface area contributed by atoms with Crippen molar-refractivity contribution in [3.63, 3.8) is 0 Å². The molecule has 23 heavy (non-hydrogen) atoms. The Balaban J connectivity index is 2.10. The SMILES string of the molecule is Cc1csc(NN=Cc2ccccc2CN(C(C)C)C(C)C)n1. The van der Waals surface area contributed by atoms with E-state index in [9.17, 15) is 0 Å². The molecule has 0 spiro atoms. The quantitative estimate of drug-likeness (QED) is 0.599. The first-order chi connectivity index (χ1) is 11.0. The predicted octanol–water partition coefficient (Wildman–Crippen LogP) is 4.52. The lowest BCUT2D eigenvalue weighted by molar-refractivity contribution is 0.166. The van der Waals surface area contributed by atoms with Crippen LogP contribution in [0.4, 0.5) is 5.13 Å². The molecule has 0 aliphatic carbocycles. The summed E-state index contributed by atoms with van der Waals surface area (Å²) in [6.45, 7) is 11.9. The molecule has 2 aromatic rings. The monoisotopic (exact) mass is 330 g/mol. The van der Waals surface area contributed by atoms with E-state index in [1.54, 1.807) is 11.3 Å². The minimum absolute atomic E-state index is 0.511. The number of thiazole rings is 1. The van der Waals surface area contributed by atoms with Gasteiger partial charge in [-0.15, -0.1) is 11.3 Å². The normalized spacial score (nSPS) is 12.0. The van der Waals surface area contributed by atoms with Crippen molar-refractivity contribution in [1.82, 2.24) is 9.88 Å². The van der Waals surface area contributed by atoms with Crippen LogP contribution in [0.1, 0.15) is 44.5 Å². The zero-order valence-electron chi connectivity index (χ0n) is 14.6. The van der Waals surface area contributed by atoms with E-state index in [-0.39, 0.29) is 0 Å². The van der Waals surface area contributed by atoms with Gasteiger partial charge in [-0.3, -0.25) is 10.3 Å². The minimum Gasteiger partial charge on any atom is -0.294 e. The molecule has 0 unspecified atom stereocenters. The van der Waals surface area contributed by atoms with Crippen molar-refractivity contribution in [3.8, 4) is 0 Å². The fraction of sp³-hybridized carbons (Fsp3) is 0.444. The van der Waals surface area contributed by atoms with Crippen LogP contribution in [0.2, 0.25) is 0 Å². The molecule has 0 amide bonds. The fourth-order valence-corrected chi connectivity index (χ4v) is 3.16. The molecule has 5 heteroatoms. The predicted molar refractivity (Wildman–Crippen MR) is 100 cm³/mol. The number of nitrogens with zero attached hydrogens (tertiary/aromatic N) is 3. The highest BCUT2D eigenvalue weighted by molar-refractivity contribution is 7.13. The first-order valence-corrected chi connectivity index (χ1v) is 8.90. The lowest BCUT2D eigenvalue weighted by Crippen LogP contribution is -2.36. The molecule has 0 fully saturated rings. The van der Waals surface area contributed by atoms with Crippen LogP contribution in [0.5, 0.6) is 0 Å². The van der Waals surface area contributed by atoms with Crippen molar-refractivity contribution in [2.45, 2.75) is 53.2 Å². The molecule has 1 aromatic heterocycles. The Hall–Kier alpha value is -1.72. The summed E-state index contributed by atoms with van der Waals surface area (Å²) in [5, 5.41) is 7.17. The second-order valence-corrected chi connectivity index (χ2v) is 7.08. The van der Waals surface area contributed by atoms with E-state index in [4.69, 9.17) is 0 Å². The van der Waals surface area contributed by atoms with Crippen LogP contribution < -0.4 is 5.43 Å². The van der Waals surface area contributed by atoms with E-state index in [0.29, 0.717) is 12.1 Å². The third-order valence-electron chi connectivity index (χ3n) is 3.72. The Labute approximate surface area is 143 Å². The van der Waals surface area contributed by atoms with Crippen molar-refractivity contribution in [2.75, 3.05) is 5.43 Å². The van der Waals surface area contributed by atoms with Gasteiger partial charge in [-0.2, -0.15) is 5.10 Å². The van der Waals surface area contributed by atoms with Crippen LogP contribution in [0.3, 0.4) is 0 Å². The van der Waals surface area contributed by atoms with Gasteiger partial charge in [0.1, 0.15) is 0 Å². The molecule has 124 valence electrons. The van der Waals surface area contributed by atoms with Crippen LogP contribution >= 0.6 is 11.3 Å². The first-order valence-electron chi connectivity index (χ1n) is 8.02. The average Bonchev–Trinajstić information content (AvgIpc) is 2.91. The number of hydrogen-bond donors (Lipinski definition) is 1. The molecule has 0 aliphatic heterocycles. The molecule has 0 bridgehead atoms. The lowest BCUT2D eigenvalue weighted by Gasteiger charge is -2.31. The molecule has 0 atom stereocenters. The summed E-state index contributed by atoms with van der Waals surface area (Å²) in [6, 6.07) is 9.43. The molecule has 0 aliphatic rings. The molecular weight excluding hydrogens is 304 g/mol. The Morgan fingerprint density at radius 1 is 1.22 bits per heavy atom. The average molecular weight is 331 g/mol. The van der Waals surface area contributed by atoms with Gasteiger partial charge in [0.25, 0.3) is 0 Å². The number of anilines is 1. The van der Waals surface area contributed by atoms with Crippen molar-refractivity contribution in [2.24, 2.45) is 5.10 Å². The second kappa shape index (κ2) is 8.22. The van der Waals surface area contributed by atoms with Gasteiger partial charge in [0.05, 0.1) is 11.9 Å². The highest BCUT2D eigenvalue weighted by Crippen LogP contribution is 2.16. The number of rotatable bonds is 7. The zero-order chi connectivity index (χ0) is 16.8. The maximum Gasteiger partial charge on any atom is 0.203 e. The third kappa shape index (κ3) is 5.15. The molecule has 0 radical (unpaired) electrons. The smallest absolute Gasteiger partial charge is 0.203 e. The second-order valence-electron chi connectivity index (χ2n) is 6.22. The molecule has 1 N–H and O–H groups in total. The fourth-order valence-electron chi connectivity index (χ4n) is 2.52. The molecular formula is C18H26N4S. The summed E-state index contributed by atoms with van der Waals surface area (Å²) in [5.74, 6) is 0. The first kappa shape index (κ1) is 17.6. The minimum atomic E-state index is 0.511. The highest BCUT2D eigenvalue weighted by Gasteiger charge is 2.14. The largest absolute Gasteiger partial charge is 0.294 e. The topological polar surface area (TPSA) is 40.5 Å². The Bertz CT molecular complexity index is 638. The van der Waals surface area contributed by atoms with Crippen molar-refractivity contribution in [3.05, 3.63) is 46.5 Å². The molecule has 2 rings (SSSR count). The molecule has 1 aromatic carbocycles. The number of aryl methyl sites for hydroxylation is 1. The molecule has 0 saturated carbocycles. The van der Waals surface area contributed by atoms with Crippen LogP contribution in [-0.2, 0) is 6.54 Å². The van der Waals surface area contributed by atoms with Crippen molar-refractivity contribution < 1.29 is 0 Å². The highest BCUT2D eigenvalue weighted by atomic mass is 32.1. The summed E-state index contributed by atoms with van der Waals surface area (Å²) < 4.78 is 0. The summed E-state index contributed by atoms with van der Waals surface area (Å²) in [4.78, 5) is 6.82. The van der Waals surface area contributed by atoms with E-state index < -0.39 is 0 Å².